The molecule has 2 aliphatic rings. The van der Waals surface area contributed by atoms with Crippen molar-refractivity contribution < 1.29 is 41.9 Å². The highest BCUT2D eigenvalue weighted by Gasteiger charge is 2.40. The number of benzene rings is 4. The number of carbonyl (C=O) groups is 5. The summed E-state index contributed by atoms with van der Waals surface area (Å²) in [6.45, 7) is 4.04. The summed E-state index contributed by atoms with van der Waals surface area (Å²) < 4.78 is 48.5. The summed E-state index contributed by atoms with van der Waals surface area (Å²) in [6.07, 6.45) is -3.69. The number of amides is 5. The highest BCUT2D eigenvalue weighted by atomic mass is 19.4. The van der Waals surface area contributed by atoms with Gasteiger partial charge in [-0.25, -0.2) is 4.79 Å². The number of hydrogen-bond donors (Lipinski definition) is 3. The molecular formula is C43H44F3N5O6. The molecule has 298 valence electrons. The first-order valence-electron chi connectivity index (χ1n) is 18.8. The van der Waals surface area contributed by atoms with Gasteiger partial charge in [-0.05, 0) is 91.6 Å². The lowest BCUT2D eigenvalue weighted by Crippen LogP contribution is -2.48. The molecule has 57 heavy (non-hydrogen) atoms. The molecule has 4 atom stereocenters. The smallest absolute Gasteiger partial charge is 0.417 e. The van der Waals surface area contributed by atoms with Crippen LogP contribution in [0.15, 0.2) is 97.1 Å². The van der Waals surface area contributed by atoms with Crippen molar-refractivity contribution in [3.63, 3.8) is 0 Å². The fourth-order valence-electron chi connectivity index (χ4n) is 7.60. The molecule has 0 aromatic heterocycles. The molecule has 2 fully saturated rings. The van der Waals surface area contributed by atoms with Crippen LogP contribution in [-0.2, 0) is 30.1 Å². The molecule has 14 heteroatoms. The first-order valence-corrected chi connectivity index (χ1v) is 18.8. The summed E-state index contributed by atoms with van der Waals surface area (Å²) in [5.41, 5.74) is 1.20. The van der Waals surface area contributed by atoms with Crippen molar-refractivity contribution in [1.82, 2.24) is 15.1 Å². The van der Waals surface area contributed by atoms with Crippen LogP contribution in [0.2, 0.25) is 0 Å². The molecule has 0 spiro atoms. The third-order valence-electron chi connectivity index (χ3n) is 10.6. The van der Waals surface area contributed by atoms with Gasteiger partial charge >= 0.3 is 12.3 Å². The number of halogens is 3. The van der Waals surface area contributed by atoms with E-state index in [2.05, 4.69) is 16.0 Å². The third-order valence-corrected chi connectivity index (χ3v) is 10.6. The summed E-state index contributed by atoms with van der Waals surface area (Å²) in [6, 6.07) is 23.1. The molecule has 0 saturated carbocycles. The quantitative estimate of drug-likeness (QED) is 0.153. The lowest BCUT2D eigenvalue weighted by atomic mass is 9.94. The zero-order valence-electron chi connectivity index (χ0n) is 31.8. The number of aryl methyl sites for hydroxylation is 1. The van der Waals surface area contributed by atoms with Crippen LogP contribution in [0.3, 0.4) is 0 Å². The molecule has 11 nitrogen and oxygen atoms in total. The molecule has 0 bridgehead atoms. The van der Waals surface area contributed by atoms with Crippen LogP contribution in [-0.4, -0.2) is 71.8 Å². The SMILES string of the molecule is COC(=O)N[C@@H](C(=O)N1CCC[C@H]1C(=O)Nc1ccc(-c2ccc(NC(=O)[C@@H]3CCCN3C(=O)[C@H](C)c3ccccc3)cc2C(F)(F)F)c(C)c1)c1ccccc1. The van der Waals surface area contributed by atoms with Crippen molar-refractivity contribution in [2.75, 3.05) is 30.8 Å². The first kappa shape index (κ1) is 40.5. The van der Waals surface area contributed by atoms with E-state index in [9.17, 15) is 37.1 Å². The number of ether oxygens (including phenoxy) is 1. The number of likely N-dealkylation sites (tertiary alicyclic amines) is 2. The molecule has 4 aromatic carbocycles. The number of hydrogen-bond acceptors (Lipinski definition) is 6. The van der Waals surface area contributed by atoms with Crippen molar-refractivity contribution >= 4 is 41.1 Å². The number of alkyl carbamates (subject to hydrolysis) is 1. The van der Waals surface area contributed by atoms with E-state index in [1.54, 1.807) is 50.2 Å². The van der Waals surface area contributed by atoms with E-state index in [0.717, 1.165) is 11.6 Å². The summed E-state index contributed by atoms with van der Waals surface area (Å²) in [5, 5.41) is 7.98. The summed E-state index contributed by atoms with van der Waals surface area (Å²) in [4.78, 5) is 69.2. The molecule has 4 aromatic rings. The minimum atomic E-state index is -4.78. The Morgan fingerprint density at radius 2 is 1.21 bits per heavy atom. The van der Waals surface area contributed by atoms with Crippen molar-refractivity contribution in [3.8, 4) is 11.1 Å². The Kier molecular flexibility index (Phi) is 12.3. The second-order valence-electron chi connectivity index (χ2n) is 14.3. The summed E-state index contributed by atoms with van der Waals surface area (Å²) in [5.74, 6) is -2.24. The van der Waals surface area contributed by atoms with Crippen LogP contribution in [0.25, 0.3) is 11.1 Å². The average Bonchev–Trinajstić information content (AvgIpc) is 3.91. The van der Waals surface area contributed by atoms with Crippen LogP contribution in [0.5, 0.6) is 0 Å². The number of methoxy groups -OCH3 is 1. The average molecular weight is 784 g/mol. The van der Waals surface area contributed by atoms with Crippen LogP contribution >= 0.6 is 0 Å². The number of nitrogens with one attached hydrogen (secondary N) is 3. The van der Waals surface area contributed by atoms with Gasteiger partial charge in [-0.2, -0.15) is 13.2 Å². The van der Waals surface area contributed by atoms with Gasteiger partial charge in [0.1, 0.15) is 18.1 Å². The maximum atomic E-state index is 14.6. The van der Waals surface area contributed by atoms with Gasteiger partial charge in [-0.15, -0.1) is 0 Å². The van der Waals surface area contributed by atoms with E-state index in [1.807, 2.05) is 30.3 Å². The fourth-order valence-corrected chi connectivity index (χ4v) is 7.60. The van der Waals surface area contributed by atoms with Gasteiger partial charge in [0.2, 0.25) is 17.7 Å². The van der Waals surface area contributed by atoms with E-state index in [0.29, 0.717) is 49.0 Å². The van der Waals surface area contributed by atoms with Gasteiger partial charge in [0.05, 0.1) is 18.6 Å². The minimum absolute atomic E-state index is 0.0556. The van der Waals surface area contributed by atoms with Crippen molar-refractivity contribution in [2.24, 2.45) is 0 Å². The molecule has 2 saturated heterocycles. The number of nitrogens with zero attached hydrogens (tertiary/aromatic N) is 2. The van der Waals surface area contributed by atoms with E-state index < -0.39 is 59.6 Å². The zero-order valence-corrected chi connectivity index (χ0v) is 31.8. The van der Waals surface area contributed by atoms with Crippen LogP contribution in [0, 0.1) is 6.92 Å². The number of carbonyl (C=O) groups excluding carboxylic acids is 5. The standard InChI is InChI=1S/C43H44F3N5O6/c1-26-24-30(47-39(53)36-17-11-23-51(36)41(55)37(49-42(56)57-3)29-14-8-5-9-15-29)18-20-32(26)33-21-19-31(25-34(33)43(44,45)46)48-38(52)35-16-10-22-50(35)40(54)27(2)28-12-6-4-7-13-28/h4-9,12-15,18-21,24-25,27,35-37H,10-11,16-17,22-23H2,1-3H3,(H,47,53)(H,48,52)(H,49,56)/t27-,35+,36+,37-/m1/s1. The lowest BCUT2D eigenvalue weighted by molar-refractivity contribution is -0.138. The molecule has 3 N–H and O–H groups in total. The van der Waals surface area contributed by atoms with Crippen LogP contribution in [0.1, 0.15) is 66.8 Å². The topological polar surface area (TPSA) is 137 Å². The van der Waals surface area contributed by atoms with Crippen molar-refractivity contribution in [2.45, 2.75) is 69.8 Å². The van der Waals surface area contributed by atoms with Gasteiger partial charge in [-0.3, -0.25) is 19.2 Å². The number of alkyl halides is 3. The molecule has 0 unspecified atom stereocenters. The van der Waals surface area contributed by atoms with Crippen LogP contribution in [0.4, 0.5) is 29.3 Å². The minimum Gasteiger partial charge on any atom is -0.453 e. The van der Waals surface area contributed by atoms with Gasteiger partial charge in [0, 0.05) is 24.5 Å². The first-order chi connectivity index (χ1) is 27.3. The molecule has 0 aliphatic carbocycles. The molecular weight excluding hydrogens is 739 g/mol. The molecule has 5 amide bonds. The highest BCUT2D eigenvalue weighted by Crippen LogP contribution is 2.40. The second-order valence-corrected chi connectivity index (χ2v) is 14.3. The normalized spacial score (nSPS) is 17.7. The van der Waals surface area contributed by atoms with E-state index in [-0.39, 0.29) is 29.3 Å². The monoisotopic (exact) mass is 783 g/mol. The molecule has 6 rings (SSSR count). The van der Waals surface area contributed by atoms with Gasteiger partial charge in [-0.1, -0.05) is 72.8 Å². The Bertz CT molecular complexity index is 2130. The molecule has 0 radical (unpaired) electrons. The molecule has 2 heterocycles. The predicted octanol–water partition coefficient (Wildman–Crippen LogP) is 7.44. The summed E-state index contributed by atoms with van der Waals surface area (Å²) in [7, 11) is 1.18. The Balaban J connectivity index is 1.16. The van der Waals surface area contributed by atoms with Crippen LogP contribution < -0.4 is 16.0 Å². The fraction of sp³-hybridized carbons (Fsp3) is 0.326. The third kappa shape index (κ3) is 9.11. The Labute approximate surface area is 328 Å². The van der Waals surface area contributed by atoms with Gasteiger partial charge in [0.15, 0.2) is 0 Å². The van der Waals surface area contributed by atoms with Gasteiger partial charge < -0.3 is 30.5 Å². The predicted molar refractivity (Wildman–Crippen MR) is 208 cm³/mol. The van der Waals surface area contributed by atoms with Crippen molar-refractivity contribution in [1.29, 1.82) is 0 Å². The Hall–Kier alpha value is -6.18. The maximum absolute atomic E-state index is 14.6. The van der Waals surface area contributed by atoms with E-state index >= 15 is 0 Å². The number of anilines is 2. The Morgan fingerprint density at radius 3 is 1.74 bits per heavy atom. The van der Waals surface area contributed by atoms with E-state index in [4.69, 9.17) is 4.74 Å². The Morgan fingerprint density at radius 1 is 0.702 bits per heavy atom. The largest absolute Gasteiger partial charge is 0.453 e. The highest BCUT2D eigenvalue weighted by molar-refractivity contribution is 6.00. The summed E-state index contributed by atoms with van der Waals surface area (Å²) >= 11 is 0. The van der Waals surface area contributed by atoms with Crippen molar-refractivity contribution in [3.05, 3.63) is 119 Å². The van der Waals surface area contributed by atoms with E-state index in [1.165, 1.54) is 41.2 Å². The maximum Gasteiger partial charge on any atom is 0.417 e. The number of rotatable bonds is 10. The van der Waals surface area contributed by atoms with Gasteiger partial charge in [0.25, 0.3) is 5.91 Å². The zero-order chi connectivity index (χ0) is 40.9. The lowest BCUT2D eigenvalue weighted by Gasteiger charge is -2.28. The molecule has 2 aliphatic heterocycles. The second kappa shape index (κ2) is 17.3.